The summed E-state index contributed by atoms with van der Waals surface area (Å²) in [6.45, 7) is 8.79. The molecule has 18 heavy (non-hydrogen) atoms. The lowest BCUT2D eigenvalue weighted by Crippen LogP contribution is -2.22. The molecule has 1 aliphatic heterocycles. The van der Waals surface area contributed by atoms with Gasteiger partial charge in [-0.2, -0.15) is 0 Å². The zero-order valence-corrected chi connectivity index (χ0v) is 12.4. The Morgan fingerprint density at radius 3 is 2.06 bits per heavy atom. The van der Waals surface area contributed by atoms with E-state index >= 15 is 0 Å². The van der Waals surface area contributed by atoms with Crippen LogP contribution in [0.5, 0.6) is 0 Å². The second-order valence-corrected chi connectivity index (χ2v) is 6.61. The van der Waals surface area contributed by atoms with Crippen molar-refractivity contribution in [1.29, 1.82) is 0 Å². The van der Waals surface area contributed by atoms with Gasteiger partial charge in [-0.25, -0.2) is 0 Å². The number of ether oxygens (including phenoxy) is 2. The topological polar surface area (TPSA) is 54.0 Å². The predicted molar refractivity (Wildman–Crippen MR) is 69.4 cm³/mol. The van der Waals surface area contributed by atoms with Gasteiger partial charge in [0.2, 0.25) is 0 Å². The minimum Gasteiger partial charge on any atom is -0.355 e. The highest BCUT2D eigenvalue weighted by atomic mass is 31.2. The van der Waals surface area contributed by atoms with Gasteiger partial charge in [-0.15, -0.1) is 0 Å². The van der Waals surface area contributed by atoms with Crippen molar-refractivity contribution in [2.24, 2.45) is 5.92 Å². The highest BCUT2D eigenvalue weighted by molar-refractivity contribution is 7.57. The first-order chi connectivity index (χ1) is 8.41. The summed E-state index contributed by atoms with van der Waals surface area (Å²) in [6.07, 6.45) is 1.49. The van der Waals surface area contributed by atoms with Gasteiger partial charge in [0.1, 0.15) is 6.79 Å². The summed E-state index contributed by atoms with van der Waals surface area (Å²) in [5.41, 5.74) is 0. The molecule has 106 valence electrons. The third kappa shape index (κ3) is 6.12. The van der Waals surface area contributed by atoms with Crippen LogP contribution in [0.2, 0.25) is 0 Å². The molecule has 0 atom stereocenters. The second-order valence-electron chi connectivity index (χ2n) is 4.81. The minimum absolute atomic E-state index is 0.0959. The minimum atomic E-state index is -3.19. The lowest BCUT2D eigenvalue weighted by molar-refractivity contribution is -0.115. The third-order valence-corrected chi connectivity index (χ3v) is 4.06. The molecule has 6 heteroatoms. The average molecular weight is 278 g/mol. The molecule has 0 aromatic rings. The molecular weight excluding hydrogens is 255 g/mol. The zero-order valence-electron chi connectivity index (χ0n) is 11.5. The molecule has 0 amide bonds. The quantitative estimate of drug-likeness (QED) is 0.698. The van der Waals surface area contributed by atoms with E-state index in [1.807, 2.05) is 27.7 Å². The molecule has 0 aromatic carbocycles. The van der Waals surface area contributed by atoms with Gasteiger partial charge < -0.3 is 18.5 Å². The fraction of sp³-hybridized carbons (Fsp3) is 0.833. The Labute approximate surface area is 109 Å². The molecule has 1 fully saturated rings. The van der Waals surface area contributed by atoms with E-state index < -0.39 is 7.60 Å². The van der Waals surface area contributed by atoms with E-state index in [4.69, 9.17) is 18.5 Å². The van der Waals surface area contributed by atoms with E-state index in [1.165, 1.54) is 5.82 Å². The Bertz CT molecular complexity index is 294. The number of rotatable bonds is 6. The van der Waals surface area contributed by atoms with Crippen LogP contribution in [0, 0.1) is 5.92 Å². The Kier molecular flexibility index (Phi) is 6.53. The largest absolute Gasteiger partial charge is 0.355 e. The van der Waals surface area contributed by atoms with Crippen LogP contribution in [-0.4, -0.2) is 32.2 Å². The maximum atomic E-state index is 12.5. The highest BCUT2D eigenvalue weighted by Gasteiger charge is 2.25. The van der Waals surface area contributed by atoms with E-state index in [1.54, 1.807) is 6.08 Å². The smallest absolute Gasteiger partial charge is 0.354 e. The maximum Gasteiger partial charge on any atom is 0.354 e. The Balaban J connectivity index is 2.64. The van der Waals surface area contributed by atoms with Crippen LogP contribution in [0.3, 0.4) is 0 Å². The number of hydrogen-bond acceptors (Lipinski definition) is 5. The molecule has 0 radical (unpaired) electrons. The van der Waals surface area contributed by atoms with Gasteiger partial charge in [0.05, 0.1) is 25.4 Å². The van der Waals surface area contributed by atoms with Gasteiger partial charge in [0, 0.05) is 11.7 Å². The van der Waals surface area contributed by atoms with Gasteiger partial charge in [0.25, 0.3) is 0 Å². The van der Waals surface area contributed by atoms with Gasteiger partial charge in [-0.1, -0.05) is 6.08 Å². The fourth-order valence-corrected chi connectivity index (χ4v) is 3.35. The van der Waals surface area contributed by atoms with Crippen LogP contribution in [0.15, 0.2) is 11.9 Å². The van der Waals surface area contributed by atoms with E-state index in [-0.39, 0.29) is 18.1 Å². The van der Waals surface area contributed by atoms with Crippen molar-refractivity contribution in [3.05, 3.63) is 11.9 Å². The molecule has 1 aliphatic rings. The van der Waals surface area contributed by atoms with Crippen molar-refractivity contribution >= 4 is 7.60 Å². The molecule has 0 N–H and O–H groups in total. The van der Waals surface area contributed by atoms with Gasteiger partial charge in [-0.05, 0) is 27.7 Å². The van der Waals surface area contributed by atoms with Crippen molar-refractivity contribution in [3.8, 4) is 0 Å². The van der Waals surface area contributed by atoms with Crippen LogP contribution in [-0.2, 0) is 23.1 Å². The van der Waals surface area contributed by atoms with E-state index in [2.05, 4.69) is 0 Å². The van der Waals surface area contributed by atoms with Crippen LogP contribution >= 0.6 is 7.60 Å². The highest BCUT2D eigenvalue weighted by Crippen LogP contribution is 2.52. The standard InChI is InChI=1S/C12H23O5P/c1-10(2)16-18(13,17-11(3)4)6-5-12-7-14-9-15-8-12/h5-6,10-12H,7-9H2,1-4H3/b6-5+. The monoisotopic (exact) mass is 278 g/mol. The molecular formula is C12H23O5P. The Morgan fingerprint density at radius 1 is 1.11 bits per heavy atom. The summed E-state index contributed by atoms with van der Waals surface area (Å²) >= 11 is 0. The number of hydrogen-bond donors (Lipinski definition) is 0. The van der Waals surface area contributed by atoms with E-state index in [0.29, 0.717) is 20.0 Å². The summed E-state index contributed by atoms with van der Waals surface area (Å²) in [7, 11) is -3.19. The van der Waals surface area contributed by atoms with E-state index in [0.717, 1.165) is 0 Å². The molecule has 1 rings (SSSR count). The lowest BCUT2D eigenvalue weighted by atomic mass is 10.2. The fourth-order valence-electron chi connectivity index (χ4n) is 1.53. The van der Waals surface area contributed by atoms with Crippen molar-refractivity contribution in [3.63, 3.8) is 0 Å². The Morgan fingerprint density at radius 2 is 1.61 bits per heavy atom. The normalized spacial score (nSPS) is 19.2. The first kappa shape index (κ1) is 15.9. The molecule has 0 unspecified atom stereocenters. The summed E-state index contributed by atoms with van der Waals surface area (Å²) in [6, 6.07) is 0. The van der Waals surface area contributed by atoms with Crippen LogP contribution in [0.25, 0.3) is 0 Å². The molecule has 0 aliphatic carbocycles. The van der Waals surface area contributed by atoms with Crippen molar-refractivity contribution in [2.75, 3.05) is 20.0 Å². The first-order valence-corrected chi connectivity index (χ1v) is 7.84. The van der Waals surface area contributed by atoms with Gasteiger partial charge in [-0.3, -0.25) is 4.57 Å². The lowest BCUT2D eigenvalue weighted by Gasteiger charge is -2.22. The van der Waals surface area contributed by atoms with E-state index in [9.17, 15) is 4.57 Å². The molecule has 0 aromatic heterocycles. The maximum absolute atomic E-state index is 12.5. The molecule has 0 bridgehead atoms. The molecule has 0 spiro atoms. The van der Waals surface area contributed by atoms with Gasteiger partial charge in [0.15, 0.2) is 0 Å². The van der Waals surface area contributed by atoms with Gasteiger partial charge >= 0.3 is 7.60 Å². The average Bonchev–Trinajstić information content (AvgIpc) is 2.26. The molecule has 5 nitrogen and oxygen atoms in total. The van der Waals surface area contributed by atoms with Crippen molar-refractivity contribution in [2.45, 2.75) is 39.9 Å². The summed E-state index contributed by atoms with van der Waals surface area (Å²) in [5, 5.41) is 0. The first-order valence-electron chi connectivity index (χ1n) is 6.22. The predicted octanol–water partition coefficient (Wildman–Crippen LogP) is 3.16. The van der Waals surface area contributed by atoms with Crippen molar-refractivity contribution in [1.82, 2.24) is 0 Å². The Hall–Kier alpha value is -0.190. The second kappa shape index (κ2) is 7.41. The summed E-state index contributed by atoms with van der Waals surface area (Å²) in [4.78, 5) is 0. The van der Waals surface area contributed by atoms with Crippen LogP contribution in [0.4, 0.5) is 0 Å². The van der Waals surface area contributed by atoms with Crippen molar-refractivity contribution < 1.29 is 23.1 Å². The summed E-state index contributed by atoms with van der Waals surface area (Å²) in [5.74, 6) is 1.62. The molecule has 0 saturated carbocycles. The third-order valence-electron chi connectivity index (χ3n) is 2.09. The SMILES string of the molecule is CC(C)OP(=O)(/C=C/C1COCOC1)OC(C)C. The molecule has 1 saturated heterocycles. The summed E-state index contributed by atoms with van der Waals surface area (Å²) < 4.78 is 33.6. The molecule has 1 heterocycles. The van der Waals surface area contributed by atoms with Crippen LogP contribution < -0.4 is 0 Å². The van der Waals surface area contributed by atoms with Crippen LogP contribution in [0.1, 0.15) is 27.7 Å². The zero-order chi connectivity index (χ0) is 13.6.